The van der Waals surface area contributed by atoms with Crippen LogP contribution in [0.15, 0.2) is 12.1 Å². The third kappa shape index (κ3) is 1.31. The van der Waals surface area contributed by atoms with Crippen molar-refractivity contribution in [2.24, 2.45) is 5.84 Å². The highest BCUT2D eigenvalue weighted by Gasteiger charge is 2.12. The first-order valence-corrected chi connectivity index (χ1v) is 3.19. The molecule has 0 saturated heterocycles. The summed E-state index contributed by atoms with van der Waals surface area (Å²) < 4.78 is 30.1. The Morgan fingerprint density at radius 3 is 2.58 bits per heavy atom. The Hall–Kier alpha value is -1.36. The minimum absolute atomic E-state index is 0.163. The van der Waals surface area contributed by atoms with Crippen molar-refractivity contribution in [3.63, 3.8) is 0 Å². The van der Waals surface area contributed by atoms with Crippen LogP contribution in [-0.4, -0.2) is 7.11 Å². The quantitative estimate of drug-likeness (QED) is 0.524. The first-order chi connectivity index (χ1) is 5.70. The van der Waals surface area contributed by atoms with E-state index in [4.69, 9.17) is 10.6 Å². The first kappa shape index (κ1) is 8.73. The second-order valence-corrected chi connectivity index (χ2v) is 2.08. The molecule has 3 nitrogen and oxygen atoms in total. The minimum Gasteiger partial charge on any atom is -0.494 e. The molecule has 0 aliphatic carbocycles. The topological polar surface area (TPSA) is 47.3 Å². The van der Waals surface area contributed by atoms with Gasteiger partial charge in [-0.25, -0.2) is 8.78 Å². The fraction of sp³-hybridized carbons (Fsp3) is 0.143. The summed E-state index contributed by atoms with van der Waals surface area (Å²) in [5.74, 6) is 3.11. The molecule has 1 rings (SSSR count). The Labute approximate surface area is 68.1 Å². The van der Waals surface area contributed by atoms with Gasteiger partial charge in [0.25, 0.3) is 0 Å². The molecule has 0 aliphatic heterocycles. The summed E-state index contributed by atoms with van der Waals surface area (Å²) in [5.41, 5.74) is 1.83. The molecule has 0 atom stereocenters. The van der Waals surface area contributed by atoms with Gasteiger partial charge in [0.05, 0.1) is 7.11 Å². The minimum atomic E-state index is -1.04. The number of halogens is 2. The van der Waals surface area contributed by atoms with Gasteiger partial charge in [-0.2, -0.15) is 0 Å². The molecule has 0 unspecified atom stereocenters. The zero-order chi connectivity index (χ0) is 9.14. The van der Waals surface area contributed by atoms with Crippen molar-refractivity contribution in [3.05, 3.63) is 23.8 Å². The number of methoxy groups -OCH3 is 1. The summed E-state index contributed by atoms with van der Waals surface area (Å²) in [5, 5.41) is 0. The summed E-state index contributed by atoms with van der Waals surface area (Å²) in [6.07, 6.45) is 0. The maximum absolute atomic E-state index is 12.9. The van der Waals surface area contributed by atoms with Gasteiger partial charge in [-0.1, -0.05) is 0 Å². The molecule has 0 heterocycles. The molecule has 66 valence electrons. The van der Waals surface area contributed by atoms with Crippen LogP contribution in [0.5, 0.6) is 5.75 Å². The second kappa shape index (κ2) is 3.36. The van der Waals surface area contributed by atoms with Crippen LogP contribution >= 0.6 is 0 Å². The summed E-state index contributed by atoms with van der Waals surface area (Å²) >= 11 is 0. The van der Waals surface area contributed by atoms with Crippen molar-refractivity contribution in [1.29, 1.82) is 0 Å². The van der Waals surface area contributed by atoms with Crippen LogP contribution in [0.25, 0.3) is 0 Å². The van der Waals surface area contributed by atoms with Crippen molar-refractivity contribution >= 4 is 5.69 Å². The van der Waals surface area contributed by atoms with Crippen molar-refractivity contribution in [2.45, 2.75) is 0 Å². The van der Waals surface area contributed by atoms with E-state index in [2.05, 4.69) is 0 Å². The number of anilines is 1. The van der Waals surface area contributed by atoms with Crippen LogP contribution in [0.1, 0.15) is 0 Å². The van der Waals surface area contributed by atoms with E-state index in [1.54, 1.807) is 0 Å². The van der Waals surface area contributed by atoms with Crippen molar-refractivity contribution in [1.82, 2.24) is 0 Å². The Bertz CT molecular complexity index is 291. The Kier molecular flexibility index (Phi) is 2.44. The third-order valence-electron chi connectivity index (χ3n) is 1.42. The zero-order valence-corrected chi connectivity index (χ0v) is 6.40. The van der Waals surface area contributed by atoms with E-state index >= 15 is 0 Å². The fourth-order valence-electron chi connectivity index (χ4n) is 0.838. The van der Waals surface area contributed by atoms with Crippen LogP contribution in [-0.2, 0) is 0 Å². The number of hydrogen-bond acceptors (Lipinski definition) is 3. The Morgan fingerprint density at radius 2 is 2.08 bits per heavy atom. The van der Waals surface area contributed by atoms with Crippen LogP contribution in [0.2, 0.25) is 0 Å². The highest BCUT2D eigenvalue weighted by molar-refractivity contribution is 5.56. The smallest absolute Gasteiger partial charge is 0.187 e. The van der Waals surface area contributed by atoms with Crippen LogP contribution in [0, 0.1) is 11.6 Å². The Morgan fingerprint density at radius 1 is 1.42 bits per heavy atom. The lowest BCUT2D eigenvalue weighted by Gasteiger charge is -2.08. The molecular formula is C7H8F2N2O. The van der Waals surface area contributed by atoms with Crippen LogP contribution in [0.3, 0.4) is 0 Å². The van der Waals surface area contributed by atoms with Gasteiger partial charge in [-0.3, -0.25) is 5.84 Å². The van der Waals surface area contributed by atoms with E-state index in [0.29, 0.717) is 0 Å². The van der Waals surface area contributed by atoms with Gasteiger partial charge in [-0.15, -0.1) is 0 Å². The fourth-order valence-corrected chi connectivity index (χ4v) is 0.838. The predicted octanol–water partition coefficient (Wildman–Crippen LogP) is 1.26. The zero-order valence-electron chi connectivity index (χ0n) is 6.40. The highest BCUT2D eigenvalue weighted by Crippen LogP contribution is 2.27. The van der Waals surface area contributed by atoms with Gasteiger partial charge in [0, 0.05) is 0 Å². The normalized spacial score (nSPS) is 9.67. The lowest BCUT2D eigenvalue weighted by Crippen LogP contribution is -2.10. The molecule has 0 saturated carbocycles. The lowest BCUT2D eigenvalue weighted by atomic mass is 10.3. The molecule has 5 heteroatoms. The number of rotatable bonds is 2. The molecule has 0 aromatic heterocycles. The number of nitrogens with one attached hydrogen (secondary N) is 1. The van der Waals surface area contributed by atoms with Crippen molar-refractivity contribution in [2.75, 3.05) is 12.5 Å². The average Bonchev–Trinajstić information content (AvgIpc) is 2.09. The number of benzene rings is 1. The standard InChI is InChI=1S/C7H8F2N2O/c1-12-5-3-2-4(8)6(9)7(5)11-10/h2-3,11H,10H2,1H3. The van der Waals surface area contributed by atoms with Gasteiger partial charge in [-0.05, 0) is 12.1 Å². The molecule has 0 aliphatic rings. The van der Waals surface area contributed by atoms with Gasteiger partial charge >= 0.3 is 0 Å². The van der Waals surface area contributed by atoms with E-state index in [-0.39, 0.29) is 11.4 Å². The number of nitrogens with two attached hydrogens (primary N) is 1. The predicted molar refractivity (Wildman–Crippen MR) is 40.7 cm³/mol. The molecule has 0 bridgehead atoms. The monoisotopic (exact) mass is 174 g/mol. The van der Waals surface area contributed by atoms with E-state index in [1.807, 2.05) is 5.43 Å². The summed E-state index contributed by atoms with van der Waals surface area (Å²) in [6.45, 7) is 0. The molecule has 12 heavy (non-hydrogen) atoms. The van der Waals surface area contributed by atoms with Gasteiger partial charge in [0.1, 0.15) is 11.4 Å². The van der Waals surface area contributed by atoms with Gasteiger partial charge < -0.3 is 10.2 Å². The van der Waals surface area contributed by atoms with E-state index in [1.165, 1.54) is 13.2 Å². The highest BCUT2D eigenvalue weighted by atomic mass is 19.2. The molecule has 0 amide bonds. The summed E-state index contributed by atoms with van der Waals surface area (Å²) in [7, 11) is 1.34. The van der Waals surface area contributed by atoms with Gasteiger partial charge in [0.15, 0.2) is 11.6 Å². The maximum Gasteiger partial charge on any atom is 0.187 e. The summed E-state index contributed by atoms with van der Waals surface area (Å²) in [4.78, 5) is 0. The van der Waals surface area contributed by atoms with Crippen molar-refractivity contribution in [3.8, 4) is 5.75 Å². The molecule has 0 fully saturated rings. The maximum atomic E-state index is 12.9. The SMILES string of the molecule is COc1ccc(F)c(F)c1NN. The molecule has 1 aromatic carbocycles. The average molecular weight is 174 g/mol. The largest absolute Gasteiger partial charge is 0.494 e. The lowest BCUT2D eigenvalue weighted by molar-refractivity contribution is 0.409. The number of hydrazine groups is 1. The Balaban J connectivity index is 3.25. The van der Waals surface area contributed by atoms with Crippen LogP contribution < -0.4 is 16.0 Å². The van der Waals surface area contributed by atoms with Crippen molar-refractivity contribution < 1.29 is 13.5 Å². The molecule has 0 radical (unpaired) electrons. The molecule has 1 aromatic rings. The van der Waals surface area contributed by atoms with E-state index in [0.717, 1.165) is 6.07 Å². The second-order valence-electron chi connectivity index (χ2n) is 2.08. The first-order valence-electron chi connectivity index (χ1n) is 3.19. The van der Waals surface area contributed by atoms with Crippen LogP contribution in [0.4, 0.5) is 14.5 Å². The molecule has 3 N–H and O–H groups in total. The van der Waals surface area contributed by atoms with E-state index < -0.39 is 11.6 Å². The van der Waals surface area contributed by atoms with E-state index in [9.17, 15) is 8.78 Å². The van der Waals surface area contributed by atoms with Gasteiger partial charge in [0.2, 0.25) is 0 Å². The number of hydrogen-bond donors (Lipinski definition) is 2. The third-order valence-corrected chi connectivity index (χ3v) is 1.42. The number of ether oxygens (including phenoxy) is 1. The summed E-state index contributed by atoms with van der Waals surface area (Å²) in [6, 6.07) is 2.25. The molecule has 0 spiro atoms. The molecular weight excluding hydrogens is 166 g/mol. The number of nitrogen functional groups attached to an aromatic ring is 1.